The van der Waals surface area contributed by atoms with Crippen LogP contribution in [0.5, 0.6) is 0 Å². The molecule has 1 heterocycles. The molecule has 4 aromatic rings. The van der Waals surface area contributed by atoms with E-state index < -0.39 is 0 Å². The fourth-order valence-electron chi connectivity index (χ4n) is 5.11. The maximum absolute atomic E-state index is 2.49. The molecule has 0 bridgehead atoms. The highest BCUT2D eigenvalue weighted by Crippen LogP contribution is 2.33. The Bertz CT molecular complexity index is 1250. The van der Waals surface area contributed by atoms with E-state index in [2.05, 4.69) is 106 Å². The van der Waals surface area contributed by atoms with Crippen LogP contribution in [-0.4, -0.2) is 6.71 Å². The van der Waals surface area contributed by atoms with Gasteiger partial charge in [0.25, 0.3) is 0 Å². The molecule has 0 amide bonds. The summed E-state index contributed by atoms with van der Waals surface area (Å²) >= 11 is 0. The van der Waals surface area contributed by atoms with Gasteiger partial charge in [0.15, 0.2) is 0 Å². The van der Waals surface area contributed by atoms with Crippen LogP contribution in [0.4, 0.5) is 0 Å². The second kappa shape index (κ2) is 6.78. The normalized spacial score (nSPS) is 13.0. The number of hydrogen-bond donors (Lipinski definition) is 0. The van der Waals surface area contributed by atoms with Crippen molar-refractivity contribution < 1.29 is 0 Å². The molecule has 4 aromatic carbocycles. The summed E-state index contributed by atoms with van der Waals surface area (Å²) in [5, 5.41) is 2.72. The van der Waals surface area contributed by atoms with Gasteiger partial charge in [-0.3, -0.25) is 0 Å². The third-order valence-electron chi connectivity index (χ3n) is 6.31. The summed E-state index contributed by atoms with van der Waals surface area (Å²) in [7, 11) is 0. The van der Waals surface area contributed by atoms with Gasteiger partial charge in [-0.25, -0.2) is 0 Å². The van der Waals surface area contributed by atoms with Gasteiger partial charge in [0.05, 0.1) is 0 Å². The summed E-state index contributed by atoms with van der Waals surface area (Å²) in [6.07, 6.45) is 0. The molecule has 0 aromatic heterocycles. The molecule has 1 aliphatic rings. The zero-order valence-corrected chi connectivity index (χ0v) is 17.6. The van der Waals surface area contributed by atoms with Gasteiger partial charge >= 0.3 is 0 Å². The third-order valence-corrected chi connectivity index (χ3v) is 6.31. The highest BCUT2D eigenvalue weighted by Gasteiger charge is 2.29. The van der Waals surface area contributed by atoms with Crippen LogP contribution < -0.4 is 10.9 Å². The summed E-state index contributed by atoms with van der Waals surface area (Å²) in [6.45, 7) is 9.13. The average molecular weight is 372 g/mol. The SMILES string of the molecule is Cc1ccc(C2=CB(c3c(C)cc(C)cc3C)c3cccc4cccc2c34)cc1. The lowest BCUT2D eigenvalue weighted by molar-refractivity contribution is 1.35. The molecule has 0 saturated heterocycles. The second-order valence-corrected chi connectivity index (χ2v) is 8.49. The van der Waals surface area contributed by atoms with Crippen molar-refractivity contribution in [2.75, 3.05) is 0 Å². The van der Waals surface area contributed by atoms with Gasteiger partial charge in [0.1, 0.15) is 0 Å². The van der Waals surface area contributed by atoms with Crippen LogP contribution in [0.3, 0.4) is 0 Å². The van der Waals surface area contributed by atoms with E-state index in [1.807, 2.05) is 0 Å². The van der Waals surface area contributed by atoms with Gasteiger partial charge in [0, 0.05) is 0 Å². The molecule has 0 nitrogen and oxygen atoms in total. The van der Waals surface area contributed by atoms with Gasteiger partial charge < -0.3 is 0 Å². The van der Waals surface area contributed by atoms with E-state index in [4.69, 9.17) is 0 Å². The predicted molar refractivity (Wildman–Crippen MR) is 128 cm³/mol. The van der Waals surface area contributed by atoms with Crippen molar-refractivity contribution in [3.8, 4) is 0 Å². The molecular formula is C28H25B. The monoisotopic (exact) mass is 372 g/mol. The molecule has 0 spiro atoms. The van der Waals surface area contributed by atoms with Crippen LogP contribution in [0.15, 0.2) is 78.8 Å². The van der Waals surface area contributed by atoms with Crippen LogP contribution in [0, 0.1) is 27.7 Å². The first-order valence-electron chi connectivity index (χ1n) is 10.4. The largest absolute Gasteiger partial charge is 0.236 e. The summed E-state index contributed by atoms with van der Waals surface area (Å²) in [5.74, 6) is 2.49. The Morgan fingerprint density at radius 3 is 2.00 bits per heavy atom. The lowest BCUT2D eigenvalue weighted by Gasteiger charge is -2.26. The van der Waals surface area contributed by atoms with Crippen LogP contribution in [0.2, 0.25) is 0 Å². The Hall–Kier alpha value is -3.06. The van der Waals surface area contributed by atoms with E-state index in [1.165, 1.54) is 60.7 Å². The Balaban J connectivity index is 1.84. The van der Waals surface area contributed by atoms with E-state index in [0.717, 1.165) is 0 Å². The van der Waals surface area contributed by atoms with Crippen LogP contribution in [-0.2, 0) is 0 Å². The minimum atomic E-state index is 0.269. The zero-order valence-electron chi connectivity index (χ0n) is 17.6. The quantitative estimate of drug-likeness (QED) is 0.398. The Morgan fingerprint density at radius 1 is 0.655 bits per heavy atom. The molecule has 0 atom stereocenters. The Kier molecular flexibility index (Phi) is 4.21. The summed E-state index contributed by atoms with van der Waals surface area (Å²) in [6, 6.07) is 27.1. The van der Waals surface area contributed by atoms with Crippen molar-refractivity contribution in [2.45, 2.75) is 27.7 Å². The molecule has 0 aliphatic carbocycles. The number of hydrogen-bond acceptors (Lipinski definition) is 0. The van der Waals surface area contributed by atoms with Gasteiger partial charge in [-0.1, -0.05) is 112 Å². The summed E-state index contributed by atoms with van der Waals surface area (Å²) in [4.78, 5) is 0. The van der Waals surface area contributed by atoms with E-state index in [-0.39, 0.29) is 6.71 Å². The molecule has 1 heteroatoms. The zero-order chi connectivity index (χ0) is 20.1. The summed E-state index contributed by atoms with van der Waals surface area (Å²) in [5.41, 5.74) is 12.2. The van der Waals surface area contributed by atoms with Gasteiger partial charge in [0.2, 0.25) is 6.71 Å². The number of aryl methyl sites for hydroxylation is 4. The first kappa shape index (κ1) is 18.0. The first-order chi connectivity index (χ1) is 14.0. The predicted octanol–water partition coefficient (Wildman–Crippen LogP) is 5.67. The first-order valence-corrected chi connectivity index (χ1v) is 10.4. The number of benzene rings is 4. The molecule has 140 valence electrons. The summed E-state index contributed by atoms with van der Waals surface area (Å²) < 4.78 is 0. The fraction of sp³-hybridized carbons (Fsp3) is 0.143. The molecule has 0 unspecified atom stereocenters. The second-order valence-electron chi connectivity index (χ2n) is 8.49. The lowest BCUT2D eigenvalue weighted by Crippen LogP contribution is -2.46. The van der Waals surface area contributed by atoms with Crippen molar-refractivity contribution in [3.63, 3.8) is 0 Å². The van der Waals surface area contributed by atoms with Gasteiger partial charge in [-0.15, -0.1) is 0 Å². The van der Waals surface area contributed by atoms with Crippen LogP contribution >= 0.6 is 0 Å². The van der Waals surface area contributed by atoms with Crippen LogP contribution in [0.1, 0.15) is 33.4 Å². The topological polar surface area (TPSA) is 0 Å². The smallest absolute Gasteiger partial charge is 0.0969 e. The third kappa shape index (κ3) is 2.93. The lowest BCUT2D eigenvalue weighted by atomic mass is 9.36. The molecular weight excluding hydrogens is 347 g/mol. The van der Waals surface area contributed by atoms with Crippen molar-refractivity contribution in [1.29, 1.82) is 0 Å². The molecule has 0 fully saturated rings. The van der Waals surface area contributed by atoms with E-state index in [0.29, 0.717) is 0 Å². The average Bonchev–Trinajstić information content (AvgIpc) is 2.70. The van der Waals surface area contributed by atoms with Crippen molar-refractivity contribution >= 4 is 34.0 Å². The number of rotatable bonds is 2. The van der Waals surface area contributed by atoms with Crippen molar-refractivity contribution in [2.24, 2.45) is 0 Å². The van der Waals surface area contributed by atoms with E-state index in [1.54, 1.807) is 0 Å². The molecule has 29 heavy (non-hydrogen) atoms. The molecule has 0 saturated carbocycles. The molecule has 5 rings (SSSR count). The highest BCUT2D eigenvalue weighted by atomic mass is 14.2. The minimum Gasteiger partial charge on any atom is -0.0969 e. The van der Waals surface area contributed by atoms with Crippen LogP contribution in [0.25, 0.3) is 16.3 Å². The highest BCUT2D eigenvalue weighted by molar-refractivity contribution is 6.92. The molecule has 1 aliphatic heterocycles. The Labute approximate surface area is 174 Å². The molecule has 0 radical (unpaired) electrons. The molecule has 0 N–H and O–H groups in total. The standard InChI is InChI=1S/C28H25B/c1-18-11-13-22(14-12-18)25-17-29(28-20(3)15-19(2)16-21(28)4)26-10-6-8-23-7-5-9-24(25)27(23)26/h5-17H,1-4H3. The maximum Gasteiger partial charge on any atom is 0.236 e. The minimum absolute atomic E-state index is 0.269. The fourth-order valence-corrected chi connectivity index (χ4v) is 5.11. The van der Waals surface area contributed by atoms with Gasteiger partial charge in [-0.2, -0.15) is 0 Å². The van der Waals surface area contributed by atoms with Crippen molar-refractivity contribution in [1.82, 2.24) is 0 Å². The van der Waals surface area contributed by atoms with Gasteiger partial charge in [-0.05, 0) is 55.2 Å². The van der Waals surface area contributed by atoms with E-state index >= 15 is 0 Å². The Morgan fingerprint density at radius 2 is 1.31 bits per heavy atom. The maximum atomic E-state index is 2.49. The van der Waals surface area contributed by atoms with Crippen molar-refractivity contribution in [3.05, 3.63) is 112 Å². The van der Waals surface area contributed by atoms with E-state index in [9.17, 15) is 0 Å².